The molecule has 0 unspecified atom stereocenters. The van der Waals surface area contributed by atoms with Gasteiger partial charge in [0.05, 0.1) is 0 Å². The number of hydrogen-bond donors (Lipinski definition) is 0. The molecule has 4 nitrogen and oxygen atoms in total. The van der Waals surface area contributed by atoms with Gasteiger partial charge in [-0.1, -0.05) is 5.16 Å². The third-order valence-electron chi connectivity index (χ3n) is 1.82. The number of halogens is 2. The molecule has 0 radical (unpaired) electrons. The lowest BCUT2D eigenvalue weighted by Gasteiger charge is -1.92. The predicted octanol–water partition coefficient (Wildman–Crippen LogP) is 2.04. The Balaban J connectivity index is 2.57. The van der Waals surface area contributed by atoms with Crippen molar-refractivity contribution in [3.8, 4) is 0 Å². The van der Waals surface area contributed by atoms with Crippen molar-refractivity contribution in [1.82, 2.24) is 5.16 Å². The molecule has 0 aliphatic rings. The zero-order chi connectivity index (χ0) is 11.1. The molecular formula is C8H5ClFNO3S. The first-order valence-corrected chi connectivity index (χ1v) is 6.40. The van der Waals surface area contributed by atoms with E-state index in [9.17, 15) is 12.8 Å². The van der Waals surface area contributed by atoms with Crippen molar-refractivity contribution in [3.63, 3.8) is 0 Å². The quantitative estimate of drug-likeness (QED) is 0.764. The molecule has 0 spiro atoms. The Bertz CT molecular complexity index is 607. The molecule has 1 aromatic heterocycles. The maximum atomic E-state index is 12.9. The summed E-state index contributed by atoms with van der Waals surface area (Å²) in [5, 5.41) is 3.84. The van der Waals surface area contributed by atoms with Crippen LogP contribution >= 0.6 is 10.7 Å². The molecule has 0 aliphatic carbocycles. The summed E-state index contributed by atoms with van der Waals surface area (Å²) in [6, 6.07) is 3.73. The van der Waals surface area contributed by atoms with E-state index in [-0.39, 0.29) is 5.69 Å². The SMILES string of the molecule is O=S(=O)(Cl)Cc1noc2ccc(F)cc12. The first-order valence-electron chi connectivity index (χ1n) is 3.92. The van der Waals surface area contributed by atoms with Crippen LogP contribution < -0.4 is 0 Å². The van der Waals surface area contributed by atoms with Crippen molar-refractivity contribution in [3.05, 3.63) is 29.7 Å². The number of hydrogen-bond acceptors (Lipinski definition) is 4. The van der Waals surface area contributed by atoms with Gasteiger partial charge in [-0.3, -0.25) is 0 Å². The fourth-order valence-corrected chi connectivity index (χ4v) is 2.07. The summed E-state index contributed by atoms with van der Waals surface area (Å²) in [5.74, 6) is -0.968. The normalized spacial score (nSPS) is 12.1. The Hall–Kier alpha value is -1.14. The van der Waals surface area contributed by atoms with Crippen LogP contribution in [0.1, 0.15) is 5.69 Å². The smallest absolute Gasteiger partial charge is 0.238 e. The first-order chi connectivity index (χ1) is 6.96. The van der Waals surface area contributed by atoms with Gasteiger partial charge in [-0.25, -0.2) is 12.8 Å². The van der Waals surface area contributed by atoms with Crippen molar-refractivity contribution in [2.45, 2.75) is 5.75 Å². The van der Waals surface area contributed by atoms with E-state index in [0.29, 0.717) is 11.0 Å². The molecule has 0 fully saturated rings. The Labute approximate surface area is 89.0 Å². The molecule has 1 aromatic carbocycles. The lowest BCUT2D eigenvalue weighted by Crippen LogP contribution is -1.95. The van der Waals surface area contributed by atoms with E-state index in [4.69, 9.17) is 15.2 Å². The van der Waals surface area contributed by atoms with E-state index in [1.54, 1.807) is 0 Å². The molecule has 80 valence electrons. The Kier molecular flexibility index (Phi) is 2.40. The molecule has 0 aliphatic heterocycles. The predicted molar refractivity (Wildman–Crippen MR) is 52.4 cm³/mol. The maximum Gasteiger partial charge on any atom is 0.238 e. The minimum atomic E-state index is -3.72. The third kappa shape index (κ3) is 2.27. The molecule has 15 heavy (non-hydrogen) atoms. The second kappa shape index (κ2) is 3.46. The number of fused-ring (bicyclic) bond motifs is 1. The number of aromatic nitrogens is 1. The summed E-state index contributed by atoms with van der Waals surface area (Å²) in [6.07, 6.45) is 0. The Morgan fingerprint density at radius 1 is 1.47 bits per heavy atom. The van der Waals surface area contributed by atoms with Gasteiger partial charge in [0.25, 0.3) is 0 Å². The van der Waals surface area contributed by atoms with E-state index in [1.807, 2.05) is 0 Å². The van der Waals surface area contributed by atoms with Crippen LogP contribution in [0.2, 0.25) is 0 Å². The van der Waals surface area contributed by atoms with E-state index < -0.39 is 20.6 Å². The zero-order valence-corrected chi connectivity index (χ0v) is 8.85. The lowest BCUT2D eigenvalue weighted by atomic mass is 10.2. The summed E-state index contributed by atoms with van der Waals surface area (Å²) in [5.41, 5.74) is 0.436. The summed E-state index contributed by atoms with van der Waals surface area (Å²) in [7, 11) is 1.34. The average molecular weight is 250 g/mol. The van der Waals surface area contributed by atoms with Gasteiger partial charge >= 0.3 is 0 Å². The fourth-order valence-electron chi connectivity index (χ4n) is 1.23. The highest BCUT2D eigenvalue weighted by Gasteiger charge is 2.15. The summed E-state index contributed by atoms with van der Waals surface area (Å²) in [4.78, 5) is 0. The highest BCUT2D eigenvalue weighted by Crippen LogP contribution is 2.22. The molecule has 0 amide bonds. The van der Waals surface area contributed by atoms with Crippen molar-refractivity contribution in [1.29, 1.82) is 0 Å². The zero-order valence-electron chi connectivity index (χ0n) is 7.28. The van der Waals surface area contributed by atoms with E-state index >= 15 is 0 Å². The van der Waals surface area contributed by atoms with Gasteiger partial charge in [0, 0.05) is 16.1 Å². The number of benzene rings is 1. The van der Waals surface area contributed by atoms with Crippen LogP contribution in [-0.4, -0.2) is 13.6 Å². The average Bonchev–Trinajstić information content (AvgIpc) is 2.46. The van der Waals surface area contributed by atoms with Crippen LogP contribution in [0.15, 0.2) is 22.7 Å². The van der Waals surface area contributed by atoms with Crippen LogP contribution in [0.5, 0.6) is 0 Å². The Morgan fingerprint density at radius 2 is 2.20 bits per heavy atom. The summed E-state index contributed by atoms with van der Waals surface area (Å²) < 4.78 is 39.3. The van der Waals surface area contributed by atoms with Gasteiger partial charge in [0.1, 0.15) is 17.3 Å². The molecule has 0 saturated heterocycles. The van der Waals surface area contributed by atoms with Crippen molar-refractivity contribution in [2.75, 3.05) is 0 Å². The van der Waals surface area contributed by atoms with E-state index in [2.05, 4.69) is 5.16 Å². The van der Waals surface area contributed by atoms with Gasteiger partial charge in [-0.05, 0) is 18.2 Å². The number of rotatable bonds is 2. The lowest BCUT2D eigenvalue weighted by molar-refractivity contribution is 0.448. The second-order valence-electron chi connectivity index (χ2n) is 2.95. The highest BCUT2D eigenvalue weighted by molar-refractivity contribution is 8.13. The molecule has 7 heteroatoms. The molecule has 0 atom stereocenters. The van der Waals surface area contributed by atoms with Gasteiger partial charge in [-0.2, -0.15) is 0 Å². The highest BCUT2D eigenvalue weighted by atomic mass is 35.7. The first kappa shape index (κ1) is 10.4. The van der Waals surface area contributed by atoms with Crippen molar-refractivity contribution < 1.29 is 17.3 Å². The minimum Gasteiger partial charge on any atom is -0.356 e. The van der Waals surface area contributed by atoms with Crippen LogP contribution in [0.3, 0.4) is 0 Å². The molecular weight excluding hydrogens is 245 g/mol. The minimum absolute atomic E-state index is 0.111. The van der Waals surface area contributed by atoms with Crippen LogP contribution in [0, 0.1) is 5.82 Å². The second-order valence-corrected chi connectivity index (χ2v) is 5.73. The van der Waals surface area contributed by atoms with Gasteiger partial charge in [-0.15, -0.1) is 0 Å². The topological polar surface area (TPSA) is 60.2 Å². The fraction of sp³-hybridized carbons (Fsp3) is 0.125. The van der Waals surface area contributed by atoms with Gasteiger partial charge in [0.2, 0.25) is 9.05 Å². The number of nitrogens with zero attached hydrogens (tertiary/aromatic N) is 1. The monoisotopic (exact) mass is 249 g/mol. The summed E-state index contributed by atoms with van der Waals surface area (Å²) in [6.45, 7) is 0. The third-order valence-corrected chi connectivity index (χ3v) is 2.76. The molecule has 0 N–H and O–H groups in total. The van der Waals surface area contributed by atoms with E-state index in [1.165, 1.54) is 12.1 Å². The standard InChI is InChI=1S/C8H5ClFNO3S/c9-15(12,13)4-7-6-3-5(10)1-2-8(6)14-11-7/h1-3H,4H2. The van der Waals surface area contributed by atoms with Gasteiger partial charge < -0.3 is 4.52 Å². The molecule has 0 bridgehead atoms. The van der Waals surface area contributed by atoms with Crippen molar-refractivity contribution in [2.24, 2.45) is 0 Å². The van der Waals surface area contributed by atoms with Crippen molar-refractivity contribution >= 4 is 30.7 Å². The van der Waals surface area contributed by atoms with Crippen LogP contribution in [-0.2, 0) is 14.8 Å². The largest absolute Gasteiger partial charge is 0.356 e. The van der Waals surface area contributed by atoms with Crippen LogP contribution in [0.25, 0.3) is 11.0 Å². The molecule has 2 rings (SSSR count). The molecule has 1 heterocycles. The Morgan fingerprint density at radius 3 is 2.87 bits per heavy atom. The molecule has 2 aromatic rings. The summed E-state index contributed by atoms with van der Waals surface area (Å²) >= 11 is 0. The van der Waals surface area contributed by atoms with Gasteiger partial charge in [0.15, 0.2) is 5.58 Å². The molecule has 0 saturated carbocycles. The van der Waals surface area contributed by atoms with E-state index in [0.717, 1.165) is 6.07 Å². The maximum absolute atomic E-state index is 12.9. The van der Waals surface area contributed by atoms with Crippen LogP contribution in [0.4, 0.5) is 4.39 Å².